The van der Waals surface area contributed by atoms with Crippen LogP contribution in [0.1, 0.15) is 12.8 Å². The number of rotatable bonds is 4. The lowest BCUT2D eigenvalue weighted by Crippen LogP contribution is -2.16. The van der Waals surface area contributed by atoms with E-state index in [1.165, 1.54) is 0 Å². The number of carbonyl (C=O) groups is 1. The van der Waals surface area contributed by atoms with Crippen LogP contribution < -0.4 is 0 Å². The lowest BCUT2D eigenvalue weighted by molar-refractivity contribution is -0.184. The summed E-state index contributed by atoms with van der Waals surface area (Å²) in [7, 11) is 0. The van der Waals surface area contributed by atoms with E-state index in [-0.39, 0.29) is 19.0 Å². The van der Waals surface area contributed by atoms with Crippen molar-refractivity contribution in [2.24, 2.45) is 0 Å². The summed E-state index contributed by atoms with van der Waals surface area (Å²) < 4.78 is 14.8. The smallest absolute Gasteiger partial charge is 0.322 e. The van der Waals surface area contributed by atoms with Crippen LogP contribution in [0, 0.1) is 0 Å². The summed E-state index contributed by atoms with van der Waals surface area (Å²) >= 11 is 5.19. The Balaban J connectivity index is 1.97. The Morgan fingerprint density at radius 3 is 3.08 bits per heavy atom. The monoisotopic (exact) mass is 194 g/mol. The fraction of sp³-hybridized carbons (Fsp3) is 0.857. The molecule has 0 aromatic rings. The number of carbonyl (C=O) groups excluding carboxylic acids is 1. The largest absolute Gasteiger partial charge is 0.437 e. The van der Waals surface area contributed by atoms with Gasteiger partial charge in [0.25, 0.3) is 0 Å². The number of hydrogen-bond donors (Lipinski definition) is 0. The lowest BCUT2D eigenvalue weighted by Gasteiger charge is -2.09. The van der Waals surface area contributed by atoms with Gasteiger partial charge in [-0.05, 0) is 6.42 Å². The minimum absolute atomic E-state index is 0.0732. The van der Waals surface area contributed by atoms with Gasteiger partial charge < -0.3 is 14.2 Å². The zero-order valence-corrected chi connectivity index (χ0v) is 7.38. The molecule has 5 heteroatoms. The third kappa shape index (κ3) is 3.38. The summed E-state index contributed by atoms with van der Waals surface area (Å²) in [6.07, 6.45) is 1.64. The van der Waals surface area contributed by atoms with Gasteiger partial charge in [-0.15, -0.1) is 11.6 Å². The Kier molecular flexibility index (Phi) is 4.35. The lowest BCUT2D eigenvalue weighted by atomic mass is 10.4. The molecule has 1 saturated heterocycles. The summed E-state index contributed by atoms with van der Waals surface area (Å²) in [4.78, 5) is 10.5. The van der Waals surface area contributed by atoms with Crippen LogP contribution in [0.4, 0.5) is 0 Å². The van der Waals surface area contributed by atoms with E-state index >= 15 is 0 Å². The third-order valence-corrected chi connectivity index (χ3v) is 1.69. The maximum absolute atomic E-state index is 10.5. The first-order chi connectivity index (χ1) is 5.83. The highest BCUT2D eigenvalue weighted by molar-refractivity contribution is 6.26. The summed E-state index contributed by atoms with van der Waals surface area (Å²) in [6.45, 7) is 0.643. The molecule has 0 amide bonds. The first-order valence-electron chi connectivity index (χ1n) is 3.77. The molecule has 0 spiro atoms. The van der Waals surface area contributed by atoms with E-state index in [0.29, 0.717) is 6.61 Å². The van der Waals surface area contributed by atoms with Crippen molar-refractivity contribution in [1.82, 2.24) is 0 Å². The van der Waals surface area contributed by atoms with Gasteiger partial charge in [0, 0.05) is 13.0 Å². The maximum Gasteiger partial charge on any atom is 0.322 e. The molecule has 0 N–H and O–H groups in total. The SMILES string of the molecule is O=C(CCl)OCOC1CCCO1. The quantitative estimate of drug-likeness (QED) is 0.379. The second-order valence-corrected chi connectivity index (χ2v) is 2.64. The summed E-state index contributed by atoms with van der Waals surface area (Å²) in [5, 5.41) is 0. The van der Waals surface area contributed by atoms with E-state index in [1.54, 1.807) is 0 Å². The van der Waals surface area contributed by atoms with E-state index in [4.69, 9.17) is 21.1 Å². The Morgan fingerprint density at radius 2 is 2.50 bits per heavy atom. The van der Waals surface area contributed by atoms with Crippen LogP contribution in [0.15, 0.2) is 0 Å². The molecule has 1 aliphatic rings. The zero-order valence-electron chi connectivity index (χ0n) is 6.62. The minimum Gasteiger partial charge on any atom is -0.437 e. The molecule has 0 aliphatic carbocycles. The van der Waals surface area contributed by atoms with Crippen LogP contribution in [0.3, 0.4) is 0 Å². The molecule has 0 saturated carbocycles. The van der Waals surface area contributed by atoms with Crippen molar-refractivity contribution in [2.45, 2.75) is 19.1 Å². The van der Waals surface area contributed by atoms with Crippen molar-refractivity contribution in [2.75, 3.05) is 19.3 Å². The minimum atomic E-state index is -0.477. The molecule has 0 radical (unpaired) electrons. The molecule has 1 fully saturated rings. The highest BCUT2D eigenvalue weighted by Gasteiger charge is 2.15. The highest BCUT2D eigenvalue weighted by atomic mass is 35.5. The van der Waals surface area contributed by atoms with E-state index < -0.39 is 5.97 Å². The van der Waals surface area contributed by atoms with Crippen molar-refractivity contribution < 1.29 is 19.0 Å². The van der Waals surface area contributed by atoms with Crippen molar-refractivity contribution in [3.8, 4) is 0 Å². The number of hydrogen-bond acceptors (Lipinski definition) is 4. The topological polar surface area (TPSA) is 44.8 Å². The Morgan fingerprint density at radius 1 is 1.67 bits per heavy atom. The number of esters is 1. The molecule has 1 atom stereocenters. The first-order valence-corrected chi connectivity index (χ1v) is 4.31. The van der Waals surface area contributed by atoms with Gasteiger partial charge in [0.2, 0.25) is 0 Å². The molecular weight excluding hydrogens is 184 g/mol. The van der Waals surface area contributed by atoms with Gasteiger partial charge in [0.15, 0.2) is 13.1 Å². The van der Waals surface area contributed by atoms with Crippen molar-refractivity contribution >= 4 is 17.6 Å². The van der Waals surface area contributed by atoms with Gasteiger partial charge in [0.05, 0.1) is 0 Å². The molecule has 0 aromatic heterocycles. The fourth-order valence-electron chi connectivity index (χ4n) is 0.894. The number of halogens is 1. The number of alkyl halides is 1. The molecule has 70 valence electrons. The highest BCUT2D eigenvalue weighted by Crippen LogP contribution is 2.12. The predicted octanol–water partition coefficient (Wildman–Crippen LogP) is 0.879. The molecule has 1 aliphatic heterocycles. The average Bonchev–Trinajstić information content (AvgIpc) is 2.57. The maximum atomic E-state index is 10.5. The Bertz CT molecular complexity index is 144. The van der Waals surface area contributed by atoms with Crippen LogP contribution >= 0.6 is 11.6 Å². The zero-order chi connectivity index (χ0) is 8.81. The third-order valence-electron chi connectivity index (χ3n) is 1.47. The van der Waals surface area contributed by atoms with Gasteiger partial charge in [0.1, 0.15) is 5.88 Å². The fourth-order valence-corrected chi connectivity index (χ4v) is 0.971. The second-order valence-electron chi connectivity index (χ2n) is 2.38. The predicted molar refractivity (Wildman–Crippen MR) is 41.7 cm³/mol. The van der Waals surface area contributed by atoms with Crippen LogP contribution in [0.25, 0.3) is 0 Å². The van der Waals surface area contributed by atoms with Crippen molar-refractivity contribution in [3.63, 3.8) is 0 Å². The van der Waals surface area contributed by atoms with E-state index in [1.807, 2.05) is 0 Å². The summed E-state index contributed by atoms with van der Waals surface area (Å²) in [5.41, 5.74) is 0. The van der Waals surface area contributed by atoms with Crippen LogP contribution in [0.5, 0.6) is 0 Å². The Hall–Kier alpha value is -0.320. The van der Waals surface area contributed by atoms with Crippen molar-refractivity contribution in [3.05, 3.63) is 0 Å². The molecule has 1 unspecified atom stereocenters. The summed E-state index contributed by atoms with van der Waals surface area (Å²) in [6, 6.07) is 0. The Labute approximate surface area is 75.7 Å². The van der Waals surface area contributed by atoms with Gasteiger partial charge in [-0.3, -0.25) is 4.79 Å². The van der Waals surface area contributed by atoms with Crippen LogP contribution in [0.2, 0.25) is 0 Å². The van der Waals surface area contributed by atoms with Gasteiger partial charge in [-0.1, -0.05) is 0 Å². The molecular formula is C7H11ClO4. The molecule has 0 bridgehead atoms. The first kappa shape index (κ1) is 9.77. The van der Waals surface area contributed by atoms with Gasteiger partial charge in [-0.2, -0.15) is 0 Å². The summed E-state index contributed by atoms with van der Waals surface area (Å²) in [5.74, 6) is -0.621. The van der Waals surface area contributed by atoms with Crippen LogP contribution in [-0.4, -0.2) is 31.5 Å². The van der Waals surface area contributed by atoms with Crippen molar-refractivity contribution in [1.29, 1.82) is 0 Å². The standard InChI is InChI=1S/C7H11ClO4/c8-4-6(9)11-5-12-7-2-1-3-10-7/h7H,1-5H2. The molecule has 12 heavy (non-hydrogen) atoms. The molecule has 1 rings (SSSR count). The van der Waals surface area contributed by atoms with Gasteiger partial charge in [-0.25, -0.2) is 0 Å². The van der Waals surface area contributed by atoms with E-state index in [9.17, 15) is 4.79 Å². The van der Waals surface area contributed by atoms with Gasteiger partial charge >= 0.3 is 5.97 Å². The van der Waals surface area contributed by atoms with E-state index in [2.05, 4.69) is 4.74 Å². The number of ether oxygens (including phenoxy) is 3. The molecule has 1 heterocycles. The van der Waals surface area contributed by atoms with E-state index in [0.717, 1.165) is 12.8 Å². The van der Waals surface area contributed by atoms with Crippen LogP contribution in [-0.2, 0) is 19.0 Å². The average molecular weight is 195 g/mol. The molecule has 4 nitrogen and oxygen atoms in total. The normalized spacial score (nSPS) is 22.6. The molecule has 0 aromatic carbocycles. The second kappa shape index (κ2) is 5.35.